The Bertz CT molecular complexity index is 913. The molecule has 0 aliphatic heterocycles. The van der Waals surface area contributed by atoms with E-state index in [4.69, 9.17) is 0 Å². The summed E-state index contributed by atoms with van der Waals surface area (Å²) in [6.07, 6.45) is 7.32. The molecule has 4 atom stereocenters. The molecule has 0 heteroatoms. The highest BCUT2D eigenvalue weighted by Crippen LogP contribution is 2.76. The predicted octanol–water partition coefficient (Wildman–Crippen LogP) is 5.68. The lowest BCUT2D eigenvalue weighted by atomic mass is 9.69. The lowest BCUT2D eigenvalue weighted by molar-refractivity contribution is 0.281. The van der Waals surface area contributed by atoms with Gasteiger partial charge in [-0.15, -0.1) is 0 Å². The predicted molar refractivity (Wildman–Crippen MR) is 93.7 cm³/mol. The molecule has 0 unspecified atom stereocenters. The number of allylic oxidation sites excluding steroid dienone is 4. The van der Waals surface area contributed by atoms with E-state index in [0.29, 0.717) is 23.2 Å². The maximum Gasteiger partial charge on any atom is 0.0167 e. The molecule has 0 radical (unpaired) electrons. The average molecular weight is 296 g/mol. The standard InChI is InChI=1S/C23H20/c1-23-20-14-8-2-3-9-15(14)21(23)18-12-6-7-13-19(18)22(23)17-11-5-4-10-16(17)20/h2-6,8-12,20-22H,7,13H2,1H3/t20-,21+,22-,23+/m1/s1. The highest BCUT2D eigenvalue weighted by atomic mass is 14.7. The fourth-order valence-electron chi connectivity index (χ4n) is 6.44. The van der Waals surface area contributed by atoms with Crippen LogP contribution in [0.4, 0.5) is 0 Å². The van der Waals surface area contributed by atoms with E-state index in [1.54, 1.807) is 33.4 Å². The van der Waals surface area contributed by atoms with E-state index in [-0.39, 0.29) is 0 Å². The minimum Gasteiger partial charge on any atom is -0.0839 e. The summed E-state index contributed by atoms with van der Waals surface area (Å²) in [5.41, 5.74) is 10.1. The van der Waals surface area contributed by atoms with Gasteiger partial charge in [-0.1, -0.05) is 73.2 Å². The minimum atomic E-state index is 0.312. The second-order valence-electron chi connectivity index (χ2n) is 7.84. The molecule has 0 saturated carbocycles. The van der Waals surface area contributed by atoms with Crippen LogP contribution in [0, 0.1) is 5.41 Å². The van der Waals surface area contributed by atoms with Gasteiger partial charge in [-0.2, -0.15) is 0 Å². The van der Waals surface area contributed by atoms with Crippen LogP contribution in [0.1, 0.15) is 59.8 Å². The second-order valence-corrected chi connectivity index (χ2v) is 7.84. The molecule has 4 aliphatic carbocycles. The van der Waals surface area contributed by atoms with Gasteiger partial charge in [0.05, 0.1) is 0 Å². The monoisotopic (exact) mass is 296 g/mol. The summed E-state index contributed by atoms with van der Waals surface area (Å²) < 4.78 is 0. The van der Waals surface area contributed by atoms with Crippen molar-refractivity contribution in [1.82, 2.24) is 0 Å². The quantitative estimate of drug-likeness (QED) is 0.586. The Labute approximate surface area is 137 Å². The first kappa shape index (κ1) is 12.4. The van der Waals surface area contributed by atoms with Crippen LogP contribution >= 0.6 is 0 Å². The number of fused-ring (bicyclic) bond motifs is 8. The van der Waals surface area contributed by atoms with E-state index < -0.39 is 0 Å². The summed E-state index contributed by atoms with van der Waals surface area (Å²) >= 11 is 0. The van der Waals surface area contributed by atoms with Crippen LogP contribution in [-0.2, 0) is 0 Å². The summed E-state index contributed by atoms with van der Waals surface area (Å²) in [6.45, 7) is 2.57. The van der Waals surface area contributed by atoms with Crippen LogP contribution < -0.4 is 0 Å². The molecule has 4 aliphatic rings. The molecule has 0 nitrogen and oxygen atoms in total. The van der Waals surface area contributed by atoms with Crippen molar-refractivity contribution >= 4 is 0 Å². The van der Waals surface area contributed by atoms with E-state index in [1.165, 1.54) is 12.8 Å². The van der Waals surface area contributed by atoms with Crippen molar-refractivity contribution in [3.05, 3.63) is 94.1 Å². The van der Waals surface area contributed by atoms with Crippen molar-refractivity contribution in [2.24, 2.45) is 5.41 Å². The van der Waals surface area contributed by atoms with Crippen molar-refractivity contribution in [3.63, 3.8) is 0 Å². The molecule has 6 rings (SSSR count). The molecule has 0 amide bonds. The molecule has 2 aromatic rings. The topological polar surface area (TPSA) is 0 Å². The van der Waals surface area contributed by atoms with Gasteiger partial charge in [0.25, 0.3) is 0 Å². The van der Waals surface area contributed by atoms with Gasteiger partial charge >= 0.3 is 0 Å². The minimum absolute atomic E-state index is 0.312. The first-order chi connectivity index (χ1) is 11.3. The van der Waals surface area contributed by atoms with E-state index in [2.05, 4.69) is 67.6 Å². The van der Waals surface area contributed by atoms with Crippen LogP contribution in [0.2, 0.25) is 0 Å². The molecule has 0 bridgehead atoms. The SMILES string of the molecule is C[C@]12[C@@H]3c4ccccc4[C@H]1C1=C(CCC=C1)[C@H]2c1ccccc13. The zero-order valence-corrected chi connectivity index (χ0v) is 13.4. The Morgan fingerprint density at radius 2 is 1.35 bits per heavy atom. The smallest absolute Gasteiger partial charge is 0.0167 e. The summed E-state index contributed by atoms with van der Waals surface area (Å²) in [6, 6.07) is 18.5. The fourth-order valence-corrected chi connectivity index (χ4v) is 6.44. The summed E-state index contributed by atoms with van der Waals surface area (Å²) in [7, 11) is 0. The van der Waals surface area contributed by atoms with Crippen molar-refractivity contribution in [1.29, 1.82) is 0 Å². The van der Waals surface area contributed by atoms with Crippen LogP contribution in [0.3, 0.4) is 0 Å². The Kier molecular flexibility index (Phi) is 2.08. The van der Waals surface area contributed by atoms with Gasteiger partial charge in [0.1, 0.15) is 0 Å². The summed E-state index contributed by atoms with van der Waals surface area (Å²) in [5, 5.41) is 0. The van der Waals surface area contributed by atoms with Crippen molar-refractivity contribution in [3.8, 4) is 0 Å². The van der Waals surface area contributed by atoms with Gasteiger partial charge in [0, 0.05) is 17.8 Å². The molecule has 2 aromatic carbocycles. The van der Waals surface area contributed by atoms with Crippen molar-refractivity contribution in [2.45, 2.75) is 37.5 Å². The highest BCUT2D eigenvalue weighted by molar-refractivity contribution is 5.68. The second kappa shape index (κ2) is 3.87. The number of rotatable bonds is 0. The van der Waals surface area contributed by atoms with Gasteiger partial charge in [0.15, 0.2) is 0 Å². The van der Waals surface area contributed by atoms with Gasteiger partial charge in [0.2, 0.25) is 0 Å². The average Bonchev–Trinajstić information content (AvgIpc) is 3.11. The number of hydrogen-bond donors (Lipinski definition) is 0. The van der Waals surface area contributed by atoms with Crippen molar-refractivity contribution in [2.75, 3.05) is 0 Å². The maximum atomic E-state index is 2.57. The fraction of sp³-hybridized carbons (Fsp3) is 0.304. The molecular weight excluding hydrogens is 276 g/mol. The van der Waals surface area contributed by atoms with E-state index in [9.17, 15) is 0 Å². The first-order valence-corrected chi connectivity index (χ1v) is 8.89. The van der Waals surface area contributed by atoms with Crippen LogP contribution in [-0.4, -0.2) is 0 Å². The van der Waals surface area contributed by atoms with E-state index >= 15 is 0 Å². The van der Waals surface area contributed by atoms with Crippen LogP contribution in [0.15, 0.2) is 71.8 Å². The number of benzene rings is 2. The third-order valence-electron chi connectivity index (χ3n) is 7.01. The van der Waals surface area contributed by atoms with Gasteiger partial charge in [-0.05, 0) is 46.1 Å². The summed E-state index contributed by atoms with van der Waals surface area (Å²) in [4.78, 5) is 0. The molecule has 23 heavy (non-hydrogen) atoms. The Balaban J connectivity index is 1.76. The van der Waals surface area contributed by atoms with E-state index in [1.807, 2.05) is 0 Å². The lowest BCUT2D eigenvalue weighted by Gasteiger charge is -2.32. The molecule has 0 N–H and O–H groups in total. The zero-order chi connectivity index (χ0) is 15.2. The maximum absolute atomic E-state index is 2.57. The molecular formula is C23H20. The summed E-state index contributed by atoms with van der Waals surface area (Å²) in [5.74, 6) is 1.79. The largest absolute Gasteiger partial charge is 0.0839 e. The Morgan fingerprint density at radius 1 is 0.783 bits per heavy atom. The van der Waals surface area contributed by atoms with Crippen LogP contribution in [0.25, 0.3) is 0 Å². The lowest BCUT2D eigenvalue weighted by Crippen LogP contribution is -2.24. The molecule has 0 fully saturated rings. The molecule has 0 heterocycles. The highest BCUT2D eigenvalue weighted by Gasteiger charge is 2.64. The first-order valence-electron chi connectivity index (χ1n) is 8.89. The molecule has 0 spiro atoms. The third-order valence-corrected chi connectivity index (χ3v) is 7.01. The molecule has 112 valence electrons. The van der Waals surface area contributed by atoms with Gasteiger partial charge in [-0.25, -0.2) is 0 Å². The van der Waals surface area contributed by atoms with Crippen LogP contribution in [0.5, 0.6) is 0 Å². The third kappa shape index (κ3) is 1.20. The Morgan fingerprint density at radius 3 is 2.00 bits per heavy atom. The van der Waals surface area contributed by atoms with Crippen molar-refractivity contribution < 1.29 is 0 Å². The molecule has 0 aromatic heterocycles. The zero-order valence-electron chi connectivity index (χ0n) is 13.4. The van der Waals surface area contributed by atoms with Gasteiger partial charge < -0.3 is 0 Å². The normalized spacial score (nSPS) is 35.1. The number of hydrogen-bond acceptors (Lipinski definition) is 0. The Hall–Kier alpha value is -2.08. The molecule has 0 saturated heterocycles. The van der Waals surface area contributed by atoms with E-state index in [0.717, 1.165) is 0 Å². The van der Waals surface area contributed by atoms with Gasteiger partial charge in [-0.3, -0.25) is 0 Å².